The number of hydrogen-bond acceptors (Lipinski definition) is 2. The van der Waals surface area contributed by atoms with E-state index < -0.39 is 0 Å². The molecule has 0 radical (unpaired) electrons. The second-order valence-electron chi connectivity index (χ2n) is 4.94. The highest BCUT2D eigenvalue weighted by Gasteiger charge is 2.18. The fourth-order valence-electron chi connectivity index (χ4n) is 2.58. The number of fused-ring (bicyclic) bond motifs is 1. The standard InChI is InChI=1S/C16H18Cl2O2/c1-3-20-16(19)7-6-12-10(2)8-15(18)13-5-4-11(17)9-14(12)13/h8-9H,3-7H2,1-2H3. The van der Waals surface area contributed by atoms with Gasteiger partial charge in [-0.05, 0) is 67.5 Å². The van der Waals surface area contributed by atoms with Crippen molar-refractivity contribution in [2.45, 2.75) is 39.5 Å². The van der Waals surface area contributed by atoms with E-state index in [4.69, 9.17) is 27.9 Å². The Morgan fingerprint density at radius 3 is 2.80 bits per heavy atom. The third kappa shape index (κ3) is 3.36. The Balaban J connectivity index is 2.31. The Kier molecular flexibility index (Phi) is 5.11. The summed E-state index contributed by atoms with van der Waals surface area (Å²) in [7, 11) is 0. The number of aryl methyl sites for hydroxylation is 1. The summed E-state index contributed by atoms with van der Waals surface area (Å²) in [6, 6.07) is 1.98. The lowest BCUT2D eigenvalue weighted by atomic mass is 9.88. The number of carbonyl (C=O) groups is 1. The van der Waals surface area contributed by atoms with E-state index in [0.29, 0.717) is 19.4 Å². The predicted molar refractivity (Wildman–Crippen MR) is 83.3 cm³/mol. The van der Waals surface area contributed by atoms with Gasteiger partial charge in [-0.2, -0.15) is 0 Å². The summed E-state index contributed by atoms with van der Waals surface area (Å²) >= 11 is 12.5. The molecular formula is C16H18Cl2O2. The molecule has 0 atom stereocenters. The summed E-state index contributed by atoms with van der Waals surface area (Å²) < 4.78 is 4.99. The molecule has 4 heteroatoms. The number of esters is 1. The molecule has 1 aromatic rings. The van der Waals surface area contributed by atoms with Crippen LogP contribution in [0.15, 0.2) is 11.1 Å². The lowest BCUT2D eigenvalue weighted by molar-refractivity contribution is -0.143. The van der Waals surface area contributed by atoms with E-state index in [2.05, 4.69) is 0 Å². The van der Waals surface area contributed by atoms with Gasteiger partial charge in [0, 0.05) is 16.5 Å². The van der Waals surface area contributed by atoms with Gasteiger partial charge in [-0.25, -0.2) is 0 Å². The third-order valence-electron chi connectivity index (χ3n) is 3.56. The van der Waals surface area contributed by atoms with E-state index in [-0.39, 0.29) is 5.97 Å². The number of allylic oxidation sites excluding steroid dienone is 1. The molecule has 0 spiro atoms. The molecular weight excluding hydrogens is 295 g/mol. The van der Waals surface area contributed by atoms with Gasteiger partial charge in [0.05, 0.1) is 6.61 Å². The highest BCUT2D eigenvalue weighted by atomic mass is 35.5. The molecule has 2 rings (SSSR count). The molecule has 20 heavy (non-hydrogen) atoms. The van der Waals surface area contributed by atoms with E-state index >= 15 is 0 Å². The minimum Gasteiger partial charge on any atom is -0.466 e. The van der Waals surface area contributed by atoms with E-state index in [1.807, 2.05) is 26.0 Å². The summed E-state index contributed by atoms with van der Waals surface area (Å²) in [5.74, 6) is -0.165. The number of rotatable bonds is 4. The maximum absolute atomic E-state index is 11.5. The van der Waals surface area contributed by atoms with Gasteiger partial charge in [-0.3, -0.25) is 4.79 Å². The third-order valence-corrected chi connectivity index (χ3v) is 4.19. The van der Waals surface area contributed by atoms with Crippen molar-refractivity contribution in [1.29, 1.82) is 0 Å². The minimum absolute atomic E-state index is 0.165. The summed E-state index contributed by atoms with van der Waals surface area (Å²) in [4.78, 5) is 11.5. The van der Waals surface area contributed by atoms with Crippen LogP contribution < -0.4 is 0 Å². The number of ether oxygens (including phenoxy) is 1. The average Bonchev–Trinajstić information content (AvgIpc) is 2.38. The van der Waals surface area contributed by atoms with Crippen molar-refractivity contribution in [3.8, 4) is 0 Å². The fraction of sp³-hybridized carbons (Fsp3) is 0.438. The topological polar surface area (TPSA) is 26.3 Å². The molecule has 0 fully saturated rings. The molecule has 0 heterocycles. The Hall–Kier alpha value is -0.990. The van der Waals surface area contributed by atoms with E-state index in [1.165, 1.54) is 0 Å². The average molecular weight is 313 g/mol. The first-order valence-electron chi connectivity index (χ1n) is 6.85. The van der Waals surface area contributed by atoms with Crippen molar-refractivity contribution in [3.63, 3.8) is 0 Å². The molecule has 0 unspecified atom stereocenters. The van der Waals surface area contributed by atoms with E-state index in [9.17, 15) is 4.79 Å². The van der Waals surface area contributed by atoms with Crippen molar-refractivity contribution in [2.75, 3.05) is 6.61 Å². The molecule has 0 saturated heterocycles. The zero-order valence-corrected chi connectivity index (χ0v) is 13.3. The first kappa shape index (κ1) is 15.4. The number of carbonyl (C=O) groups excluding carboxylic acids is 1. The zero-order valence-electron chi connectivity index (χ0n) is 11.8. The normalized spacial score (nSPS) is 13.7. The van der Waals surface area contributed by atoms with Crippen LogP contribution in [0.3, 0.4) is 0 Å². The maximum Gasteiger partial charge on any atom is 0.306 e. The summed E-state index contributed by atoms with van der Waals surface area (Å²) in [5.41, 5.74) is 4.48. The van der Waals surface area contributed by atoms with Crippen LogP contribution >= 0.6 is 23.2 Å². The highest BCUT2D eigenvalue weighted by molar-refractivity contribution is 6.33. The first-order chi connectivity index (χ1) is 9.52. The minimum atomic E-state index is -0.165. The van der Waals surface area contributed by atoms with Crippen LogP contribution in [0.2, 0.25) is 5.02 Å². The Morgan fingerprint density at radius 2 is 2.10 bits per heavy atom. The molecule has 0 saturated carbocycles. The fourth-order valence-corrected chi connectivity index (χ4v) is 3.14. The van der Waals surface area contributed by atoms with Crippen LogP contribution in [0.4, 0.5) is 0 Å². The van der Waals surface area contributed by atoms with Crippen molar-refractivity contribution < 1.29 is 9.53 Å². The Bertz CT molecular complexity index is 562. The van der Waals surface area contributed by atoms with Crippen molar-refractivity contribution in [2.24, 2.45) is 0 Å². The van der Waals surface area contributed by atoms with Gasteiger partial charge in [0.2, 0.25) is 0 Å². The van der Waals surface area contributed by atoms with E-state index in [1.54, 1.807) is 0 Å². The van der Waals surface area contributed by atoms with Crippen LogP contribution in [-0.4, -0.2) is 12.6 Å². The lowest BCUT2D eigenvalue weighted by Gasteiger charge is -2.20. The summed E-state index contributed by atoms with van der Waals surface area (Å²) in [5, 5.41) is 1.63. The second-order valence-corrected chi connectivity index (χ2v) is 5.83. The van der Waals surface area contributed by atoms with Gasteiger partial charge in [0.15, 0.2) is 0 Å². The van der Waals surface area contributed by atoms with Gasteiger partial charge >= 0.3 is 5.97 Å². The Labute approximate surface area is 129 Å². The van der Waals surface area contributed by atoms with Gasteiger partial charge in [0.1, 0.15) is 0 Å². The molecule has 0 aliphatic heterocycles. The first-order valence-corrected chi connectivity index (χ1v) is 7.61. The smallest absolute Gasteiger partial charge is 0.306 e. The zero-order chi connectivity index (χ0) is 14.7. The van der Waals surface area contributed by atoms with Crippen LogP contribution in [0.5, 0.6) is 0 Å². The molecule has 108 valence electrons. The molecule has 1 aliphatic rings. The summed E-state index contributed by atoms with van der Waals surface area (Å²) in [6.45, 7) is 4.25. The summed E-state index contributed by atoms with van der Waals surface area (Å²) in [6.07, 6.45) is 4.71. The SMILES string of the molecule is CCOC(=O)CCc1c(C)cc(Cl)c2c1C=C(Cl)CC2. The van der Waals surface area contributed by atoms with Gasteiger partial charge in [0.25, 0.3) is 0 Å². The molecule has 2 nitrogen and oxygen atoms in total. The molecule has 1 aliphatic carbocycles. The quantitative estimate of drug-likeness (QED) is 0.755. The van der Waals surface area contributed by atoms with Crippen LogP contribution in [0.1, 0.15) is 42.0 Å². The van der Waals surface area contributed by atoms with Gasteiger partial charge < -0.3 is 4.74 Å². The number of halogens is 2. The predicted octanol–water partition coefficient (Wildman–Crippen LogP) is 4.67. The van der Waals surface area contributed by atoms with Crippen molar-refractivity contribution in [1.82, 2.24) is 0 Å². The Morgan fingerprint density at radius 1 is 1.35 bits per heavy atom. The number of benzene rings is 1. The van der Waals surface area contributed by atoms with Gasteiger partial charge in [-0.15, -0.1) is 0 Å². The monoisotopic (exact) mass is 312 g/mol. The lowest BCUT2D eigenvalue weighted by Crippen LogP contribution is -2.09. The molecule has 0 amide bonds. The molecule has 0 aromatic heterocycles. The van der Waals surface area contributed by atoms with Crippen molar-refractivity contribution in [3.05, 3.63) is 38.4 Å². The highest BCUT2D eigenvalue weighted by Crippen LogP contribution is 2.35. The van der Waals surface area contributed by atoms with Crippen molar-refractivity contribution >= 4 is 35.2 Å². The maximum atomic E-state index is 11.5. The van der Waals surface area contributed by atoms with Crippen LogP contribution in [0.25, 0.3) is 6.08 Å². The molecule has 0 bridgehead atoms. The van der Waals surface area contributed by atoms with Crippen LogP contribution in [0, 0.1) is 6.92 Å². The molecule has 1 aromatic carbocycles. The second kappa shape index (κ2) is 6.64. The number of hydrogen-bond donors (Lipinski definition) is 0. The van der Waals surface area contributed by atoms with Gasteiger partial charge in [-0.1, -0.05) is 23.2 Å². The molecule has 0 N–H and O–H groups in total. The largest absolute Gasteiger partial charge is 0.466 e. The van der Waals surface area contributed by atoms with E-state index in [0.717, 1.165) is 45.2 Å². The van der Waals surface area contributed by atoms with Crippen LogP contribution in [-0.2, 0) is 22.4 Å².